The molecule has 0 saturated heterocycles. The summed E-state index contributed by atoms with van der Waals surface area (Å²) in [7, 11) is 0. The van der Waals surface area contributed by atoms with Crippen LogP contribution >= 0.6 is 11.6 Å². The first-order valence-electron chi connectivity index (χ1n) is 2.66. The van der Waals surface area contributed by atoms with Gasteiger partial charge < -0.3 is 9.84 Å². The van der Waals surface area contributed by atoms with Gasteiger partial charge >= 0.3 is 12.4 Å². The highest BCUT2D eigenvalue weighted by Crippen LogP contribution is 2.36. The van der Waals surface area contributed by atoms with Crippen molar-refractivity contribution in [3.05, 3.63) is 0 Å². The number of halogens is 7. The molecule has 0 amide bonds. The molecule has 9 heteroatoms. The summed E-state index contributed by atoms with van der Waals surface area (Å²) in [6.07, 6.45) is -15.4. The van der Waals surface area contributed by atoms with Crippen molar-refractivity contribution in [2.75, 3.05) is 0 Å². The molecule has 0 bridgehead atoms. The standard InChI is InChI=1S/C4H3ClF6O2/c5-2(12)13-1(3(6,7)8)4(9,10)11/h1-2,12H. The zero-order valence-corrected chi connectivity index (χ0v) is 6.41. The summed E-state index contributed by atoms with van der Waals surface area (Å²) in [6.45, 7) is 0. The predicted molar refractivity (Wildman–Crippen MR) is 28.8 cm³/mol. The van der Waals surface area contributed by atoms with Gasteiger partial charge in [0.05, 0.1) is 0 Å². The minimum atomic E-state index is -5.66. The lowest BCUT2D eigenvalue weighted by Gasteiger charge is -2.23. The fourth-order valence-corrected chi connectivity index (χ4v) is 0.555. The normalized spacial score (nSPS) is 16.4. The van der Waals surface area contributed by atoms with Crippen LogP contribution in [0.5, 0.6) is 0 Å². The third-order valence-electron chi connectivity index (χ3n) is 0.843. The molecule has 0 aliphatic rings. The average molecular weight is 233 g/mol. The molecule has 0 saturated carbocycles. The number of alkyl halides is 7. The molecule has 0 aromatic rings. The number of aliphatic hydroxyl groups is 1. The van der Waals surface area contributed by atoms with E-state index in [4.69, 9.17) is 5.11 Å². The van der Waals surface area contributed by atoms with Gasteiger partial charge in [-0.1, -0.05) is 11.6 Å². The quantitative estimate of drug-likeness (QED) is 0.448. The second-order valence-corrected chi connectivity index (χ2v) is 2.26. The summed E-state index contributed by atoms with van der Waals surface area (Å²) < 4.78 is 72.4. The van der Waals surface area contributed by atoms with E-state index in [1.807, 2.05) is 0 Å². The Hall–Kier alpha value is -0.210. The molecule has 0 rings (SSSR count). The highest BCUT2D eigenvalue weighted by Gasteiger charge is 2.58. The van der Waals surface area contributed by atoms with Crippen LogP contribution in [0.1, 0.15) is 0 Å². The topological polar surface area (TPSA) is 29.5 Å². The van der Waals surface area contributed by atoms with Gasteiger partial charge in [-0.2, -0.15) is 26.3 Å². The highest BCUT2D eigenvalue weighted by atomic mass is 35.5. The summed E-state index contributed by atoms with van der Waals surface area (Å²) in [4.78, 5) is 0. The van der Waals surface area contributed by atoms with E-state index in [9.17, 15) is 26.3 Å². The Balaban J connectivity index is 4.58. The van der Waals surface area contributed by atoms with E-state index in [-0.39, 0.29) is 0 Å². The molecule has 0 fully saturated rings. The van der Waals surface area contributed by atoms with E-state index >= 15 is 0 Å². The highest BCUT2D eigenvalue weighted by molar-refractivity contribution is 6.18. The second-order valence-electron chi connectivity index (χ2n) is 1.89. The number of hydrogen-bond donors (Lipinski definition) is 1. The first-order valence-corrected chi connectivity index (χ1v) is 3.10. The van der Waals surface area contributed by atoms with Gasteiger partial charge in [0.1, 0.15) is 0 Å². The molecule has 0 heterocycles. The van der Waals surface area contributed by atoms with Crippen molar-refractivity contribution in [3.63, 3.8) is 0 Å². The fraction of sp³-hybridized carbons (Fsp3) is 1.00. The molecule has 13 heavy (non-hydrogen) atoms. The minimum absolute atomic E-state index is 2.66. The molecule has 1 unspecified atom stereocenters. The van der Waals surface area contributed by atoms with Crippen molar-refractivity contribution in [1.82, 2.24) is 0 Å². The zero-order chi connectivity index (χ0) is 10.9. The van der Waals surface area contributed by atoms with Crippen LogP contribution in [-0.2, 0) is 4.74 Å². The van der Waals surface area contributed by atoms with Crippen molar-refractivity contribution < 1.29 is 36.2 Å². The third-order valence-corrected chi connectivity index (χ3v) is 0.946. The van der Waals surface area contributed by atoms with Gasteiger partial charge in [-0.15, -0.1) is 0 Å². The number of ether oxygens (including phenoxy) is 1. The lowest BCUT2D eigenvalue weighted by molar-refractivity contribution is -0.338. The smallest absolute Gasteiger partial charge is 0.356 e. The van der Waals surface area contributed by atoms with Crippen LogP contribution in [0.4, 0.5) is 26.3 Å². The van der Waals surface area contributed by atoms with Gasteiger partial charge in [0, 0.05) is 0 Å². The SMILES string of the molecule is OC(Cl)OC(C(F)(F)F)C(F)(F)F. The zero-order valence-electron chi connectivity index (χ0n) is 5.66. The van der Waals surface area contributed by atoms with Gasteiger partial charge in [0.25, 0.3) is 6.10 Å². The Morgan fingerprint density at radius 2 is 1.31 bits per heavy atom. The molecule has 0 spiro atoms. The Bertz CT molecular complexity index is 149. The van der Waals surface area contributed by atoms with E-state index in [1.54, 1.807) is 0 Å². The summed E-state index contributed by atoms with van der Waals surface area (Å²) in [5, 5.41) is 7.99. The maximum Gasteiger partial charge on any atom is 0.423 e. The van der Waals surface area contributed by atoms with Crippen LogP contribution in [0.2, 0.25) is 0 Å². The summed E-state index contributed by atoms with van der Waals surface area (Å²) >= 11 is 4.42. The first-order chi connectivity index (χ1) is 5.55. The monoisotopic (exact) mass is 232 g/mol. The van der Waals surface area contributed by atoms with E-state index in [0.717, 1.165) is 0 Å². The number of hydrogen-bond acceptors (Lipinski definition) is 2. The Morgan fingerprint density at radius 3 is 1.38 bits per heavy atom. The van der Waals surface area contributed by atoms with E-state index < -0.39 is 24.2 Å². The van der Waals surface area contributed by atoms with E-state index in [1.165, 1.54) is 0 Å². The van der Waals surface area contributed by atoms with Crippen LogP contribution in [0.3, 0.4) is 0 Å². The Labute approximate surface area is 73.0 Å². The van der Waals surface area contributed by atoms with Gasteiger partial charge in [-0.3, -0.25) is 0 Å². The van der Waals surface area contributed by atoms with E-state index in [0.29, 0.717) is 0 Å². The van der Waals surface area contributed by atoms with Crippen LogP contribution in [0.25, 0.3) is 0 Å². The molecule has 1 N–H and O–H groups in total. The third kappa shape index (κ3) is 4.53. The van der Waals surface area contributed by atoms with Crippen LogP contribution in [-0.4, -0.2) is 29.3 Å². The van der Waals surface area contributed by atoms with Crippen molar-refractivity contribution in [2.45, 2.75) is 24.2 Å². The summed E-state index contributed by atoms with van der Waals surface area (Å²) in [6, 6.07) is 0. The first kappa shape index (κ1) is 12.8. The maximum atomic E-state index is 11.6. The number of aliphatic hydroxyl groups excluding tert-OH is 1. The van der Waals surface area contributed by atoms with Crippen molar-refractivity contribution in [1.29, 1.82) is 0 Å². The second kappa shape index (κ2) is 3.89. The molecule has 1 atom stereocenters. The molecular weight excluding hydrogens is 229 g/mol. The molecule has 0 aromatic carbocycles. The van der Waals surface area contributed by atoms with Crippen LogP contribution < -0.4 is 0 Å². The summed E-state index contributed by atoms with van der Waals surface area (Å²) in [5.41, 5.74) is 0. The van der Waals surface area contributed by atoms with Crippen molar-refractivity contribution in [2.24, 2.45) is 0 Å². The van der Waals surface area contributed by atoms with Gasteiger partial charge in [-0.25, -0.2) is 0 Å². The molecule has 0 aliphatic carbocycles. The maximum absolute atomic E-state index is 11.6. The van der Waals surface area contributed by atoms with Gasteiger partial charge in [0.15, 0.2) is 0 Å². The molecular formula is C4H3ClF6O2. The van der Waals surface area contributed by atoms with E-state index in [2.05, 4.69) is 16.3 Å². The Kier molecular flexibility index (Phi) is 3.82. The lowest BCUT2D eigenvalue weighted by Crippen LogP contribution is -2.45. The van der Waals surface area contributed by atoms with Crippen LogP contribution in [0.15, 0.2) is 0 Å². The van der Waals surface area contributed by atoms with Gasteiger partial charge in [0.2, 0.25) is 5.75 Å². The minimum Gasteiger partial charge on any atom is -0.356 e. The molecule has 2 nitrogen and oxygen atoms in total. The van der Waals surface area contributed by atoms with Crippen LogP contribution in [0, 0.1) is 0 Å². The molecule has 80 valence electrons. The average Bonchev–Trinajstić information content (AvgIpc) is 1.77. The number of rotatable bonds is 2. The van der Waals surface area contributed by atoms with Crippen molar-refractivity contribution in [3.8, 4) is 0 Å². The van der Waals surface area contributed by atoms with Gasteiger partial charge in [-0.05, 0) is 0 Å². The lowest BCUT2D eigenvalue weighted by atomic mass is 10.3. The predicted octanol–water partition coefficient (Wildman–Crippen LogP) is 2.01. The van der Waals surface area contributed by atoms with Crippen molar-refractivity contribution >= 4 is 11.6 Å². The molecule has 0 aliphatic heterocycles. The molecule has 0 aromatic heterocycles. The molecule has 0 radical (unpaired) electrons. The largest absolute Gasteiger partial charge is 0.423 e. The fourth-order valence-electron chi connectivity index (χ4n) is 0.452. The summed E-state index contributed by atoms with van der Waals surface area (Å²) in [5.74, 6) is -2.66. The Morgan fingerprint density at radius 1 is 1.00 bits per heavy atom.